The van der Waals surface area contributed by atoms with Gasteiger partial charge >= 0.3 is 0 Å². The Balaban J connectivity index is 2.40. The van der Waals surface area contributed by atoms with Gasteiger partial charge in [-0.1, -0.05) is 0 Å². The molecule has 0 aliphatic rings. The van der Waals surface area contributed by atoms with Crippen molar-refractivity contribution in [1.82, 2.24) is 30.0 Å². The number of aromatic nitrogens is 6. The molecule has 0 spiro atoms. The lowest BCUT2D eigenvalue weighted by molar-refractivity contribution is 0.552. The Kier molecular flexibility index (Phi) is 2.81. The van der Waals surface area contributed by atoms with Crippen LogP contribution in [0.25, 0.3) is 11.4 Å². The molecule has 0 aliphatic heterocycles. The van der Waals surface area contributed by atoms with Crippen LogP contribution in [0.4, 0.5) is 0 Å². The Labute approximate surface area is 95.4 Å². The smallest absolute Gasteiger partial charge is 0.209 e. The molecule has 2 aromatic rings. The lowest BCUT2D eigenvalue weighted by Crippen LogP contribution is -1.98. The summed E-state index contributed by atoms with van der Waals surface area (Å²) >= 11 is 3.46. The molecule has 0 fully saturated rings. The van der Waals surface area contributed by atoms with Crippen LogP contribution in [0.1, 0.15) is 13.8 Å². The van der Waals surface area contributed by atoms with Crippen LogP contribution in [0.15, 0.2) is 10.8 Å². The fraction of sp³-hybridized carbons (Fsp3) is 0.500. The molecule has 7 heteroatoms. The van der Waals surface area contributed by atoms with Crippen molar-refractivity contribution in [2.75, 3.05) is 0 Å². The Morgan fingerprint density at radius 1 is 1.33 bits per heavy atom. The third kappa shape index (κ3) is 1.79. The van der Waals surface area contributed by atoms with E-state index >= 15 is 0 Å². The van der Waals surface area contributed by atoms with Gasteiger partial charge in [0, 0.05) is 6.54 Å². The molecule has 2 rings (SSSR count). The highest BCUT2D eigenvalue weighted by atomic mass is 79.9. The Morgan fingerprint density at radius 3 is 2.67 bits per heavy atom. The van der Waals surface area contributed by atoms with E-state index in [0.717, 1.165) is 16.7 Å². The summed E-state index contributed by atoms with van der Waals surface area (Å²) in [6, 6.07) is 0. The van der Waals surface area contributed by atoms with E-state index in [4.69, 9.17) is 0 Å². The Morgan fingerprint density at radius 2 is 2.13 bits per heavy atom. The average molecular weight is 271 g/mol. The van der Waals surface area contributed by atoms with Gasteiger partial charge in [0.2, 0.25) is 5.82 Å². The molecule has 0 amide bonds. The number of nitrogens with zero attached hydrogens (tertiary/aromatic N) is 6. The quantitative estimate of drug-likeness (QED) is 0.845. The SMILES string of the molecule is CCn1nnc(-c2cnn(CC)c2Br)n1. The number of tetrazole rings is 1. The summed E-state index contributed by atoms with van der Waals surface area (Å²) in [5.41, 5.74) is 0.872. The first-order chi connectivity index (χ1) is 7.26. The molecule has 0 atom stereocenters. The predicted octanol–water partition coefficient (Wildman–Crippen LogP) is 1.34. The molecule has 2 heterocycles. The first-order valence-electron chi connectivity index (χ1n) is 4.75. The first-order valence-corrected chi connectivity index (χ1v) is 5.55. The maximum absolute atomic E-state index is 4.22. The molecule has 0 saturated carbocycles. The number of halogens is 1. The third-order valence-electron chi connectivity index (χ3n) is 2.05. The maximum atomic E-state index is 4.22. The molecule has 0 bridgehead atoms. The van der Waals surface area contributed by atoms with Crippen molar-refractivity contribution in [1.29, 1.82) is 0 Å². The molecule has 0 saturated heterocycles. The molecule has 2 aromatic heterocycles. The van der Waals surface area contributed by atoms with Gasteiger partial charge < -0.3 is 0 Å². The summed E-state index contributed by atoms with van der Waals surface area (Å²) in [6.45, 7) is 5.52. The normalized spacial score (nSPS) is 10.9. The first kappa shape index (κ1) is 10.3. The molecule has 0 aromatic carbocycles. The van der Waals surface area contributed by atoms with Crippen LogP contribution in [-0.2, 0) is 13.1 Å². The fourth-order valence-electron chi connectivity index (χ4n) is 1.23. The van der Waals surface area contributed by atoms with Crippen LogP contribution in [0, 0.1) is 0 Å². The molecule has 0 unspecified atom stereocenters. The van der Waals surface area contributed by atoms with Crippen molar-refractivity contribution >= 4 is 15.9 Å². The topological polar surface area (TPSA) is 61.4 Å². The van der Waals surface area contributed by atoms with Gasteiger partial charge in [-0.25, -0.2) is 0 Å². The van der Waals surface area contributed by atoms with Crippen LogP contribution in [-0.4, -0.2) is 30.0 Å². The van der Waals surface area contributed by atoms with Gasteiger partial charge in [-0.2, -0.15) is 9.90 Å². The molecular weight excluding hydrogens is 260 g/mol. The second kappa shape index (κ2) is 4.09. The molecule has 80 valence electrons. The number of hydrogen-bond acceptors (Lipinski definition) is 4. The van der Waals surface area contributed by atoms with Crippen molar-refractivity contribution in [3.8, 4) is 11.4 Å². The van der Waals surface area contributed by atoms with Gasteiger partial charge in [0.15, 0.2) is 0 Å². The summed E-state index contributed by atoms with van der Waals surface area (Å²) in [6.07, 6.45) is 1.74. The summed E-state index contributed by atoms with van der Waals surface area (Å²) < 4.78 is 2.72. The van der Waals surface area contributed by atoms with E-state index in [2.05, 4.69) is 36.4 Å². The Bertz CT molecular complexity index is 459. The predicted molar refractivity (Wildman–Crippen MR) is 58.1 cm³/mol. The van der Waals surface area contributed by atoms with E-state index < -0.39 is 0 Å². The van der Waals surface area contributed by atoms with Crippen molar-refractivity contribution in [3.05, 3.63) is 10.8 Å². The molecule has 0 N–H and O–H groups in total. The summed E-state index contributed by atoms with van der Waals surface area (Å²) in [5.74, 6) is 0.600. The van der Waals surface area contributed by atoms with E-state index in [1.165, 1.54) is 0 Å². The molecular formula is C8H11BrN6. The average Bonchev–Trinajstić information content (AvgIpc) is 2.83. The highest BCUT2D eigenvalue weighted by molar-refractivity contribution is 9.10. The third-order valence-corrected chi connectivity index (χ3v) is 2.89. The van der Waals surface area contributed by atoms with Crippen LogP contribution in [0.2, 0.25) is 0 Å². The molecule has 15 heavy (non-hydrogen) atoms. The van der Waals surface area contributed by atoms with Crippen molar-refractivity contribution in [2.45, 2.75) is 26.9 Å². The van der Waals surface area contributed by atoms with Crippen LogP contribution in [0.5, 0.6) is 0 Å². The highest BCUT2D eigenvalue weighted by Crippen LogP contribution is 2.24. The minimum atomic E-state index is 0.600. The second-order valence-electron chi connectivity index (χ2n) is 2.97. The Hall–Kier alpha value is -1.24. The van der Waals surface area contributed by atoms with Crippen molar-refractivity contribution in [2.24, 2.45) is 0 Å². The monoisotopic (exact) mass is 270 g/mol. The van der Waals surface area contributed by atoms with Crippen LogP contribution in [0.3, 0.4) is 0 Å². The summed E-state index contributed by atoms with van der Waals surface area (Å²) in [7, 11) is 0. The molecule has 6 nitrogen and oxygen atoms in total. The molecule has 0 aliphatic carbocycles. The van der Waals surface area contributed by atoms with Gasteiger partial charge in [0.25, 0.3) is 0 Å². The van der Waals surface area contributed by atoms with E-state index in [-0.39, 0.29) is 0 Å². The van der Waals surface area contributed by atoms with Crippen LogP contribution < -0.4 is 0 Å². The number of hydrogen-bond donors (Lipinski definition) is 0. The molecule has 0 radical (unpaired) electrons. The fourth-order valence-corrected chi connectivity index (χ4v) is 1.85. The largest absolute Gasteiger partial charge is 0.258 e. The van der Waals surface area contributed by atoms with Crippen LogP contribution >= 0.6 is 15.9 Å². The van der Waals surface area contributed by atoms with Gasteiger partial charge in [-0.15, -0.1) is 10.2 Å². The summed E-state index contributed by atoms with van der Waals surface area (Å²) in [4.78, 5) is 1.55. The highest BCUT2D eigenvalue weighted by Gasteiger charge is 2.13. The minimum Gasteiger partial charge on any atom is -0.258 e. The van der Waals surface area contributed by atoms with Gasteiger partial charge in [0.1, 0.15) is 4.60 Å². The van der Waals surface area contributed by atoms with E-state index in [9.17, 15) is 0 Å². The van der Waals surface area contributed by atoms with E-state index in [1.807, 2.05) is 18.5 Å². The number of rotatable bonds is 3. The zero-order chi connectivity index (χ0) is 10.8. The zero-order valence-electron chi connectivity index (χ0n) is 8.55. The van der Waals surface area contributed by atoms with E-state index in [0.29, 0.717) is 12.4 Å². The lowest BCUT2D eigenvalue weighted by atomic mass is 10.3. The van der Waals surface area contributed by atoms with Crippen molar-refractivity contribution < 1.29 is 0 Å². The van der Waals surface area contributed by atoms with Gasteiger partial charge in [0.05, 0.1) is 18.3 Å². The standard InChI is InChI=1S/C8H11BrN6/c1-3-14-7(9)6(5-10-14)8-11-13-15(4-2)12-8/h5H,3-4H2,1-2H3. The minimum absolute atomic E-state index is 0.600. The summed E-state index contributed by atoms with van der Waals surface area (Å²) in [5, 5.41) is 16.3. The number of aryl methyl sites for hydroxylation is 2. The maximum Gasteiger partial charge on any atom is 0.209 e. The van der Waals surface area contributed by atoms with Crippen molar-refractivity contribution in [3.63, 3.8) is 0 Å². The van der Waals surface area contributed by atoms with Gasteiger partial charge in [-0.3, -0.25) is 4.68 Å². The van der Waals surface area contributed by atoms with Gasteiger partial charge in [-0.05, 0) is 35.0 Å². The van der Waals surface area contributed by atoms with E-state index in [1.54, 1.807) is 11.0 Å². The second-order valence-corrected chi connectivity index (χ2v) is 3.72. The lowest BCUT2D eigenvalue weighted by Gasteiger charge is -1.96. The zero-order valence-corrected chi connectivity index (χ0v) is 10.1.